The molecule has 0 bridgehead atoms. The highest BCUT2D eigenvalue weighted by Crippen LogP contribution is 2.09. The maximum Gasteiger partial charge on any atom is 0.408 e. The average molecular weight is 318 g/mol. The fourth-order valence-electron chi connectivity index (χ4n) is 1.42. The number of hydrogen-bond donors (Lipinski definition) is 3. The summed E-state index contributed by atoms with van der Waals surface area (Å²) in [4.78, 5) is 15.9. The Labute approximate surface area is 132 Å². The molecule has 7 heteroatoms. The summed E-state index contributed by atoms with van der Waals surface area (Å²) in [5, 5.41) is 9.25. The van der Waals surface area contributed by atoms with Crippen LogP contribution in [0, 0.1) is 0 Å². The van der Waals surface area contributed by atoms with Gasteiger partial charge in [-0.1, -0.05) is 0 Å². The summed E-state index contributed by atoms with van der Waals surface area (Å²) in [5.41, 5.74) is -0.942. The molecule has 1 amide bonds. The number of rotatable bonds is 6. The zero-order valence-electron chi connectivity index (χ0n) is 14.3. The van der Waals surface area contributed by atoms with Crippen molar-refractivity contribution in [1.29, 1.82) is 0 Å². The van der Waals surface area contributed by atoms with Crippen molar-refractivity contribution in [3.05, 3.63) is 0 Å². The van der Waals surface area contributed by atoms with Gasteiger partial charge in [0.2, 0.25) is 0 Å². The third kappa shape index (κ3) is 11.2. The molecule has 0 unspecified atom stereocenters. The summed E-state index contributed by atoms with van der Waals surface area (Å²) in [6.45, 7) is 10.8. The highest BCUT2D eigenvalue weighted by atomic mass is 32.2. The Morgan fingerprint density at radius 2 is 1.81 bits per heavy atom. The number of nitrogens with one attached hydrogen (secondary N) is 3. The number of thioether (sulfide) groups is 1. The maximum atomic E-state index is 11.8. The summed E-state index contributed by atoms with van der Waals surface area (Å²) in [5.74, 6) is 1.74. The van der Waals surface area contributed by atoms with Crippen molar-refractivity contribution in [3.63, 3.8) is 0 Å². The van der Waals surface area contributed by atoms with Crippen molar-refractivity contribution >= 4 is 23.8 Å². The minimum atomic E-state index is -0.497. The number of aliphatic imine (C=N–C) groups is 1. The van der Waals surface area contributed by atoms with Crippen LogP contribution in [-0.2, 0) is 4.74 Å². The van der Waals surface area contributed by atoms with E-state index in [0.717, 1.165) is 18.3 Å². The number of amides is 1. The van der Waals surface area contributed by atoms with Crippen LogP contribution in [0.25, 0.3) is 0 Å². The molecule has 0 radical (unpaired) electrons. The van der Waals surface area contributed by atoms with E-state index in [0.29, 0.717) is 6.54 Å². The van der Waals surface area contributed by atoms with Crippen LogP contribution in [0.2, 0.25) is 0 Å². The number of carbonyl (C=O) groups is 1. The number of hydrogen-bond acceptors (Lipinski definition) is 4. The molecule has 0 fully saturated rings. The molecule has 0 saturated heterocycles. The number of alkyl carbamates (subject to hydrolysis) is 1. The van der Waals surface area contributed by atoms with Crippen molar-refractivity contribution in [2.75, 3.05) is 32.1 Å². The number of guanidine groups is 1. The van der Waals surface area contributed by atoms with Gasteiger partial charge in [-0.05, 0) is 40.9 Å². The van der Waals surface area contributed by atoms with Crippen molar-refractivity contribution in [1.82, 2.24) is 16.0 Å². The van der Waals surface area contributed by atoms with Gasteiger partial charge in [0.25, 0.3) is 0 Å². The van der Waals surface area contributed by atoms with Crippen LogP contribution in [0.15, 0.2) is 4.99 Å². The van der Waals surface area contributed by atoms with E-state index in [2.05, 4.69) is 27.2 Å². The molecule has 0 aromatic rings. The smallest absolute Gasteiger partial charge is 0.408 e. The lowest BCUT2D eigenvalue weighted by Gasteiger charge is -2.29. The molecule has 0 aromatic carbocycles. The van der Waals surface area contributed by atoms with E-state index in [1.165, 1.54) is 0 Å². The first-order valence-electron chi connectivity index (χ1n) is 7.04. The molecule has 3 N–H and O–H groups in total. The van der Waals surface area contributed by atoms with Gasteiger partial charge in [0.15, 0.2) is 5.96 Å². The molecule has 124 valence electrons. The minimum Gasteiger partial charge on any atom is -0.444 e. The van der Waals surface area contributed by atoms with Crippen LogP contribution < -0.4 is 16.0 Å². The molecule has 0 aliphatic carbocycles. The van der Waals surface area contributed by atoms with E-state index in [9.17, 15) is 4.79 Å². The topological polar surface area (TPSA) is 74.8 Å². The van der Waals surface area contributed by atoms with Gasteiger partial charge < -0.3 is 20.7 Å². The molecule has 0 heterocycles. The lowest BCUT2D eigenvalue weighted by atomic mass is 10.1. The molecule has 0 aromatic heterocycles. The fourth-order valence-corrected chi connectivity index (χ4v) is 1.73. The standard InChI is InChI=1S/C14H30N4O2S/c1-13(2,3)20-12(19)18-14(4,5)10-17-11(15-6)16-8-9-21-7/h8-10H2,1-7H3,(H,18,19)(H2,15,16,17). The molecule has 21 heavy (non-hydrogen) atoms. The van der Waals surface area contributed by atoms with E-state index < -0.39 is 17.2 Å². The summed E-state index contributed by atoms with van der Waals surface area (Å²) in [7, 11) is 1.72. The van der Waals surface area contributed by atoms with Crippen LogP contribution in [0.5, 0.6) is 0 Å². The molecule has 6 nitrogen and oxygen atoms in total. The molecular formula is C14H30N4O2S. The zero-order valence-corrected chi connectivity index (χ0v) is 15.1. The fraction of sp³-hybridized carbons (Fsp3) is 0.857. The maximum absolute atomic E-state index is 11.8. The van der Waals surface area contributed by atoms with Gasteiger partial charge in [0.05, 0.1) is 5.54 Å². The average Bonchev–Trinajstić information content (AvgIpc) is 2.30. The lowest BCUT2D eigenvalue weighted by Crippen LogP contribution is -2.54. The molecule has 0 atom stereocenters. The Hall–Kier alpha value is -1.11. The predicted molar refractivity (Wildman–Crippen MR) is 91.2 cm³/mol. The number of nitrogens with zero attached hydrogens (tertiary/aromatic N) is 1. The van der Waals surface area contributed by atoms with E-state index in [-0.39, 0.29) is 0 Å². The van der Waals surface area contributed by atoms with Crippen molar-refractivity contribution < 1.29 is 9.53 Å². The highest BCUT2D eigenvalue weighted by molar-refractivity contribution is 7.98. The Morgan fingerprint density at radius 1 is 1.19 bits per heavy atom. The minimum absolute atomic E-state index is 0.417. The van der Waals surface area contributed by atoms with Crippen molar-refractivity contribution in [2.45, 2.75) is 45.8 Å². The second kappa shape index (κ2) is 9.02. The van der Waals surface area contributed by atoms with Gasteiger partial charge in [-0.15, -0.1) is 0 Å². The van der Waals surface area contributed by atoms with Gasteiger partial charge in [0, 0.05) is 25.9 Å². The second-order valence-corrected chi connectivity index (χ2v) is 7.34. The second-order valence-electron chi connectivity index (χ2n) is 6.36. The van der Waals surface area contributed by atoms with Crippen molar-refractivity contribution in [3.8, 4) is 0 Å². The molecule has 0 spiro atoms. The highest BCUT2D eigenvalue weighted by Gasteiger charge is 2.24. The van der Waals surface area contributed by atoms with E-state index in [4.69, 9.17) is 4.74 Å². The number of ether oxygens (including phenoxy) is 1. The van der Waals surface area contributed by atoms with E-state index in [1.54, 1.807) is 18.8 Å². The van der Waals surface area contributed by atoms with E-state index >= 15 is 0 Å². The molecular weight excluding hydrogens is 288 g/mol. The first-order chi connectivity index (χ1) is 9.59. The molecule has 0 aliphatic heterocycles. The normalized spacial score (nSPS) is 12.8. The van der Waals surface area contributed by atoms with E-state index in [1.807, 2.05) is 34.6 Å². The third-order valence-electron chi connectivity index (χ3n) is 2.36. The van der Waals surface area contributed by atoms with Gasteiger partial charge in [-0.25, -0.2) is 4.79 Å². The van der Waals surface area contributed by atoms with Gasteiger partial charge in [0.1, 0.15) is 5.60 Å². The largest absolute Gasteiger partial charge is 0.444 e. The van der Waals surface area contributed by atoms with Crippen LogP contribution in [-0.4, -0.2) is 55.3 Å². The van der Waals surface area contributed by atoms with Crippen LogP contribution in [0.4, 0.5) is 4.79 Å². The quantitative estimate of drug-likeness (QED) is 0.396. The monoisotopic (exact) mass is 318 g/mol. The predicted octanol–water partition coefficient (Wildman–Crippen LogP) is 1.82. The molecule has 0 saturated carbocycles. The summed E-state index contributed by atoms with van der Waals surface area (Å²) >= 11 is 1.77. The Morgan fingerprint density at radius 3 is 2.29 bits per heavy atom. The van der Waals surface area contributed by atoms with Crippen molar-refractivity contribution in [2.24, 2.45) is 4.99 Å². The first-order valence-corrected chi connectivity index (χ1v) is 8.43. The third-order valence-corrected chi connectivity index (χ3v) is 2.97. The van der Waals surface area contributed by atoms with Gasteiger partial charge in [-0.2, -0.15) is 11.8 Å². The number of carbonyl (C=O) groups excluding carboxylic acids is 1. The molecule has 0 rings (SSSR count). The summed E-state index contributed by atoms with van der Waals surface area (Å²) in [6.07, 6.45) is 1.64. The van der Waals surface area contributed by atoms with Crippen LogP contribution >= 0.6 is 11.8 Å². The molecule has 0 aliphatic rings. The first kappa shape index (κ1) is 19.9. The summed E-state index contributed by atoms with van der Waals surface area (Å²) < 4.78 is 5.26. The Bertz CT molecular complexity index is 351. The van der Waals surface area contributed by atoms with Crippen LogP contribution in [0.1, 0.15) is 34.6 Å². The SMILES string of the molecule is CN=C(NCCSC)NCC(C)(C)NC(=O)OC(C)(C)C. The zero-order chi connectivity index (χ0) is 16.5. The Kier molecular flexibility index (Phi) is 8.54. The van der Waals surface area contributed by atoms with Gasteiger partial charge >= 0.3 is 6.09 Å². The summed E-state index contributed by atoms with van der Waals surface area (Å²) in [6, 6.07) is 0. The van der Waals surface area contributed by atoms with Crippen LogP contribution in [0.3, 0.4) is 0 Å². The lowest BCUT2D eigenvalue weighted by molar-refractivity contribution is 0.0474. The van der Waals surface area contributed by atoms with Gasteiger partial charge in [-0.3, -0.25) is 4.99 Å². The Balaban J connectivity index is 4.24.